The average molecular weight is 263 g/mol. The summed E-state index contributed by atoms with van der Waals surface area (Å²) in [5.41, 5.74) is 2.72. The SMILES string of the molecule is CC1=NC(C)C(C)=C2C(N3CC(C(=O)O)C3)CCN12. The van der Waals surface area contributed by atoms with Crippen LogP contribution in [-0.2, 0) is 4.79 Å². The van der Waals surface area contributed by atoms with Gasteiger partial charge >= 0.3 is 5.97 Å². The number of rotatable bonds is 2. The molecule has 2 atom stereocenters. The Morgan fingerprint density at radius 2 is 2.05 bits per heavy atom. The third-order valence-corrected chi connectivity index (χ3v) is 4.73. The molecular weight excluding hydrogens is 242 g/mol. The van der Waals surface area contributed by atoms with Crippen molar-refractivity contribution < 1.29 is 9.90 Å². The molecule has 0 aromatic carbocycles. The lowest BCUT2D eigenvalue weighted by Gasteiger charge is -2.43. The third kappa shape index (κ3) is 1.87. The highest BCUT2D eigenvalue weighted by Crippen LogP contribution is 2.36. The maximum absolute atomic E-state index is 10.9. The molecule has 0 aromatic heterocycles. The molecule has 0 spiro atoms. The van der Waals surface area contributed by atoms with Crippen LogP contribution in [0.1, 0.15) is 27.2 Å². The van der Waals surface area contributed by atoms with Crippen molar-refractivity contribution in [2.24, 2.45) is 10.9 Å². The van der Waals surface area contributed by atoms with E-state index in [0.29, 0.717) is 19.1 Å². The standard InChI is InChI=1S/C14H21N3O2/c1-8-9(2)15-10(3)17-5-4-12(13(8)17)16-6-11(7-16)14(18)19/h9,11-12H,4-7H2,1-3H3,(H,18,19). The van der Waals surface area contributed by atoms with Crippen molar-refractivity contribution in [2.75, 3.05) is 19.6 Å². The monoisotopic (exact) mass is 263 g/mol. The Morgan fingerprint density at radius 3 is 2.68 bits per heavy atom. The molecule has 0 aliphatic carbocycles. The first-order valence-corrected chi connectivity index (χ1v) is 6.98. The Labute approximate surface area is 113 Å². The highest BCUT2D eigenvalue weighted by Gasteiger charge is 2.43. The van der Waals surface area contributed by atoms with Crippen molar-refractivity contribution in [2.45, 2.75) is 39.3 Å². The highest BCUT2D eigenvalue weighted by molar-refractivity contribution is 5.84. The number of nitrogens with zero attached hydrogens (tertiary/aromatic N) is 3. The van der Waals surface area contributed by atoms with Gasteiger partial charge in [-0.15, -0.1) is 0 Å². The van der Waals surface area contributed by atoms with Crippen LogP contribution in [0.25, 0.3) is 0 Å². The fraction of sp³-hybridized carbons (Fsp3) is 0.714. The van der Waals surface area contributed by atoms with E-state index in [9.17, 15) is 4.79 Å². The summed E-state index contributed by atoms with van der Waals surface area (Å²) in [6.07, 6.45) is 1.08. The lowest BCUT2D eigenvalue weighted by atomic mass is 9.94. The van der Waals surface area contributed by atoms with Gasteiger partial charge in [-0.2, -0.15) is 0 Å². The molecule has 104 valence electrons. The van der Waals surface area contributed by atoms with Crippen molar-refractivity contribution >= 4 is 11.8 Å². The predicted molar refractivity (Wildman–Crippen MR) is 73.1 cm³/mol. The van der Waals surface area contributed by atoms with Crippen molar-refractivity contribution in [3.8, 4) is 0 Å². The first kappa shape index (κ1) is 12.7. The first-order chi connectivity index (χ1) is 8.99. The first-order valence-electron chi connectivity index (χ1n) is 6.98. The number of carboxylic acids is 1. The van der Waals surface area contributed by atoms with E-state index < -0.39 is 5.97 Å². The van der Waals surface area contributed by atoms with E-state index >= 15 is 0 Å². The Morgan fingerprint density at radius 1 is 1.37 bits per heavy atom. The molecule has 3 rings (SSSR count). The van der Waals surface area contributed by atoms with Gasteiger partial charge in [-0.05, 0) is 32.8 Å². The minimum absolute atomic E-state index is 0.175. The zero-order chi connectivity index (χ0) is 13.7. The summed E-state index contributed by atoms with van der Waals surface area (Å²) < 4.78 is 0. The lowest BCUT2D eigenvalue weighted by Crippen LogP contribution is -2.55. The number of hydrogen-bond acceptors (Lipinski definition) is 4. The number of amidine groups is 1. The second kappa shape index (κ2) is 4.34. The third-order valence-electron chi connectivity index (χ3n) is 4.73. The molecule has 0 radical (unpaired) electrons. The molecule has 2 saturated heterocycles. The second-order valence-corrected chi connectivity index (χ2v) is 5.87. The molecule has 5 heteroatoms. The molecule has 19 heavy (non-hydrogen) atoms. The van der Waals surface area contributed by atoms with Gasteiger partial charge in [0.15, 0.2) is 0 Å². The van der Waals surface area contributed by atoms with Gasteiger partial charge in [-0.25, -0.2) is 0 Å². The Bertz CT molecular complexity index is 477. The van der Waals surface area contributed by atoms with Crippen molar-refractivity contribution in [3.63, 3.8) is 0 Å². The molecule has 3 aliphatic rings. The van der Waals surface area contributed by atoms with Crippen LogP contribution in [0.2, 0.25) is 0 Å². The molecular formula is C14H21N3O2. The molecule has 0 amide bonds. The summed E-state index contributed by atoms with van der Waals surface area (Å²) in [6, 6.07) is 0.645. The lowest BCUT2D eigenvalue weighted by molar-refractivity contribution is -0.148. The van der Waals surface area contributed by atoms with Crippen LogP contribution in [0.3, 0.4) is 0 Å². The number of aliphatic carboxylic acids is 1. The molecule has 3 heterocycles. The van der Waals surface area contributed by atoms with Crippen molar-refractivity contribution in [3.05, 3.63) is 11.3 Å². The van der Waals surface area contributed by atoms with Gasteiger partial charge in [-0.1, -0.05) is 0 Å². The maximum atomic E-state index is 10.9. The van der Waals surface area contributed by atoms with Gasteiger partial charge in [0.25, 0.3) is 0 Å². The van der Waals surface area contributed by atoms with Crippen LogP contribution in [0.15, 0.2) is 16.3 Å². The van der Waals surface area contributed by atoms with E-state index in [1.165, 1.54) is 11.3 Å². The van der Waals surface area contributed by atoms with E-state index in [1.807, 2.05) is 0 Å². The van der Waals surface area contributed by atoms with Crippen molar-refractivity contribution in [1.82, 2.24) is 9.80 Å². The molecule has 5 nitrogen and oxygen atoms in total. The topological polar surface area (TPSA) is 56.1 Å². The zero-order valence-electron chi connectivity index (χ0n) is 11.8. The number of aliphatic imine (C=N–C) groups is 1. The predicted octanol–water partition coefficient (Wildman–Crippen LogP) is 1.17. The van der Waals surface area contributed by atoms with E-state index in [4.69, 9.17) is 5.11 Å². The summed E-state index contributed by atoms with van der Waals surface area (Å²) in [7, 11) is 0. The quantitative estimate of drug-likeness (QED) is 0.812. The van der Waals surface area contributed by atoms with Crippen LogP contribution in [-0.4, -0.2) is 58.4 Å². The summed E-state index contributed by atoms with van der Waals surface area (Å²) in [5.74, 6) is 0.267. The molecule has 1 N–H and O–H groups in total. The fourth-order valence-electron chi connectivity index (χ4n) is 3.44. The van der Waals surface area contributed by atoms with E-state index in [2.05, 4.69) is 35.6 Å². The van der Waals surface area contributed by atoms with Crippen molar-refractivity contribution in [1.29, 1.82) is 0 Å². The molecule has 2 unspecified atom stereocenters. The number of likely N-dealkylation sites (tertiary alicyclic amines) is 1. The average Bonchev–Trinajstić information content (AvgIpc) is 2.68. The van der Waals surface area contributed by atoms with E-state index in [0.717, 1.165) is 18.8 Å². The van der Waals surface area contributed by atoms with Crippen LogP contribution in [0.4, 0.5) is 0 Å². The van der Waals surface area contributed by atoms with Gasteiger partial charge in [0.05, 0.1) is 18.0 Å². The van der Waals surface area contributed by atoms with Crippen LogP contribution < -0.4 is 0 Å². The van der Waals surface area contributed by atoms with E-state index in [1.54, 1.807) is 0 Å². The number of fused-ring (bicyclic) bond motifs is 1. The molecule has 0 saturated carbocycles. The fourth-order valence-corrected chi connectivity index (χ4v) is 3.44. The van der Waals surface area contributed by atoms with Gasteiger partial charge in [0, 0.05) is 25.3 Å². The van der Waals surface area contributed by atoms with Crippen LogP contribution in [0.5, 0.6) is 0 Å². The Kier molecular flexibility index (Phi) is 2.89. The van der Waals surface area contributed by atoms with E-state index in [-0.39, 0.29) is 12.0 Å². The molecule has 2 fully saturated rings. The minimum atomic E-state index is -0.661. The second-order valence-electron chi connectivity index (χ2n) is 5.87. The normalized spacial score (nSPS) is 32.2. The maximum Gasteiger partial charge on any atom is 0.309 e. The largest absolute Gasteiger partial charge is 0.481 e. The van der Waals surface area contributed by atoms with Crippen LogP contribution in [0, 0.1) is 5.92 Å². The van der Waals surface area contributed by atoms with Crippen LogP contribution >= 0.6 is 0 Å². The highest BCUT2D eigenvalue weighted by atomic mass is 16.4. The zero-order valence-corrected chi connectivity index (χ0v) is 11.8. The summed E-state index contributed by atoms with van der Waals surface area (Å²) in [6.45, 7) is 8.75. The molecule has 3 aliphatic heterocycles. The van der Waals surface area contributed by atoms with Gasteiger partial charge in [-0.3, -0.25) is 14.7 Å². The molecule has 0 aromatic rings. The Hall–Kier alpha value is -1.36. The smallest absolute Gasteiger partial charge is 0.309 e. The van der Waals surface area contributed by atoms with Gasteiger partial charge in [0.2, 0.25) is 0 Å². The number of hydrogen-bond donors (Lipinski definition) is 1. The summed E-state index contributed by atoms with van der Waals surface area (Å²) in [4.78, 5) is 20.2. The summed E-state index contributed by atoms with van der Waals surface area (Å²) in [5, 5.41) is 8.99. The number of carboxylic acid groups (broad SMARTS) is 1. The van der Waals surface area contributed by atoms with Gasteiger partial charge in [0.1, 0.15) is 5.84 Å². The Balaban J connectivity index is 1.79. The summed E-state index contributed by atoms with van der Waals surface area (Å²) >= 11 is 0. The number of carbonyl (C=O) groups is 1. The molecule has 0 bridgehead atoms. The van der Waals surface area contributed by atoms with Gasteiger partial charge < -0.3 is 10.0 Å². The minimum Gasteiger partial charge on any atom is -0.481 e.